The van der Waals surface area contributed by atoms with Crippen LogP contribution < -0.4 is 15.8 Å². The number of hydrogen-bond donors (Lipinski definition) is 2. The molecule has 0 fully saturated rings. The first-order valence-corrected chi connectivity index (χ1v) is 5.33. The summed E-state index contributed by atoms with van der Waals surface area (Å²) in [6.07, 6.45) is 0. The third-order valence-corrected chi connectivity index (χ3v) is 2.37. The fourth-order valence-electron chi connectivity index (χ4n) is 1.35. The van der Waals surface area contributed by atoms with E-state index in [9.17, 15) is 14.9 Å². The minimum Gasteiger partial charge on any atom is -0.496 e. The Morgan fingerprint density at radius 2 is 2.21 bits per heavy atom. The van der Waals surface area contributed by atoms with Crippen molar-refractivity contribution in [3.05, 3.63) is 33.9 Å². The molecule has 1 aromatic carbocycles. The average Bonchev–Trinajstić information content (AvgIpc) is 2.37. The molecule has 1 aromatic rings. The van der Waals surface area contributed by atoms with Gasteiger partial charge in [0.25, 0.3) is 11.6 Å². The molecule has 0 spiro atoms. The van der Waals surface area contributed by atoms with Gasteiger partial charge in [0.1, 0.15) is 5.75 Å². The van der Waals surface area contributed by atoms with Gasteiger partial charge in [0, 0.05) is 24.7 Å². The second-order valence-corrected chi connectivity index (χ2v) is 3.75. The van der Waals surface area contributed by atoms with Crippen molar-refractivity contribution in [2.75, 3.05) is 13.7 Å². The highest BCUT2D eigenvalue weighted by atomic mass is 35.5. The van der Waals surface area contributed by atoms with E-state index in [0.29, 0.717) is 0 Å². The van der Waals surface area contributed by atoms with Gasteiger partial charge >= 0.3 is 0 Å². The highest BCUT2D eigenvalue weighted by Gasteiger charge is 2.18. The maximum atomic E-state index is 11.9. The molecule has 0 aliphatic rings. The van der Waals surface area contributed by atoms with Crippen LogP contribution in [0, 0.1) is 10.1 Å². The third kappa shape index (κ3) is 4.38. The summed E-state index contributed by atoms with van der Waals surface area (Å²) in [5.74, 6) is -0.171. The van der Waals surface area contributed by atoms with Crippen LogP contribution in [-0.4, -0.2) is 30.5 Å². The van der Waals surface area contributed by atoms with Crippen LogP contribution >= 0.6 is 12.4 Å². The fraction of sp³-hybridized carbons (Fsp3) is 0.364. The number of nitrogens with one attached hydrogen (secondary N) is 1. The molecular formula is C11H16ClN3O4. The van der Waals surface area contributed by atoms with Crippen molar-refractivity contribution in [2.45, 2.75) is 13.0 Å². The number of rotatable bonds is 5. The zero-order valence-corrected chi connectivity index (χ0v) is 11.4. The Kier molecular flexibility index (Phi) is 6.81. The van der Waals surface area contributed by atoms with Gasteiger partial charge in [-0.05, 0) is 13.0 Å². The van der Waals surface area contributed by atoms with Gasteiger partial charge in [-0.1, -0.05) is 0 Å². The quantitative estimate of drug-likeness (QED) is 0.623. The average molecular weight is 290 g/mol. The smallest absolute Gasteiger partial charge is 0.270 e. The molecule has 0 saturated heterocycles. The number of benzene rings is 1. The van der Waals surface area contributed by atoms with Crippen molar-refractivity contribution in [1.82, 2.24) is 5.32 Å². The molecule has 0 aliphatic carbocycles. The lowest BCUT2D eigenvalue weighted by molar-refractivity contribution is -0.384. The Balaban J connectivity index is 0.00000324. The molecule has 19 heavy (non-hydrogen) atoms. The van der Waals surface area contributed by atoms with Gasteiger partial charge in [-0.25, -0.2) is 0 Å². The summed E-state index contributed by atoms with van der Waals surface area (Å²) in [7, 11) is 1.39. The second kappa shape index (κ2) is 7.55. The number of methoxy groups -OCH3 is 1. The number of halogens is 1. The summed E-state index contributed by atoms with van der Waals surface area (Å²) in [5, 5.41) is 13.3. The van der Waals surface area contributed by atoms with E-state index >= 15 is 0 Å². The maximum Gasteiger partial charge on any atom is 0.270 e. The molecule has 106 valence electrons. The summed E-state index contributed by atoms with van der Waals surface area (Å²) >= 11 is 0. The molecule has 0 aliphatic heterocycles. The Bertz CT molecular complexity index is 467. The highest BCUT2D eigenvalue weighted by Crippen LogP contribution is 2.23. The Morgan fingerprint density at radius 3 is 2.68 bits per heavy atom. The van der Waals surface area contributed by atoms with Crippen LogP contribution in [0.25, 0.3) is 0 Å². The Hall–Kier alpha value is -1.86. The second-order valence-electron chi connectivity index (χ2n) is 3.75. The van der Waals surface area contributed by atoms with E-state index in [1.54, 1.807) is 6.92 Å². The lowest BCUT2D eigenvalue weighted by Gasteiger charge is -2.13. The van der Waals surface area contributed by atoms with Crippen LogP contribution in [0.5, 0.6) is 5.75 Å². The Morgan fingerprint density at radius 1 is 1.58 bits per heavy atom. The fourth-order valence-corrected chi connectivity index (χ4v) is 1.35. The molecule has 3 N–H and O–H groups in total. The molecule has 0 bridgehead atoms. The van der Waals surface area contributed by atoms with Gasteiger partial charge in [-0.15, -0.1) is 12.4 Å². The molecule has 8 heteroatoms. The normalized spacial score (nSPS) is 11.1. The first-order chi connectivity index (χ1) is 8.49. The molecule has 7 nitrogen and oxygen atoms in total. The number of nitrogens with two attached hydrogens (primary N) is 1. The standard InChI is InChI=1S/C11H15N3O4.ClH/c1-7(6-12)13-11(15)9-5-8(14(16)17)3-4-10(9)18-2;/h3-5,7H,6,12H2,1-2H3,(H,13,15);1H/t7-;/m0./s1. The van der Waals surface area contributed by atoms with Crippen LogP contribution in [0.3, 0.4) is 0 Å². The van der Waals surface area contributed by atoms with E-state index in [-0.39, 0.29) is 42.0 Å². The Labute approximate surface area is 116 Å². The number of nitrogens with zero attached hydrogens (tertiary/aromatic N) is 1. The number of non-ortho nitro benzene ring substituents is 1. The molecule has 0 aromatic heterocycles. The summed E-state index contributed by atoms with van der Waals surface area (Å²) in [4.78, 5) is 22.0. The molecule has 0 radical (unpaired) electrons. The van der Waals surface area contributed by atoms with Gasteiger partial charge in [0.2, 0.25) is 0 Å². The number of hydrogen-bond acceptors (Lipinski definition) is 5. The largest absolute Gasteiger partial charge is 0.496 e. The van der Waals surface area contributed by atoms with Crippen molar-refractivity contribution in [3.63, 3.8) is 0 Å². The van der Waals surface area contributed by atoms with Crippen LogP contribution in [0.1, 0.15) is 17.3 Å². The highest BCUT2D eigenvalue weighted by molar-refractivity contribution is 5.97. The van der Waals surface area contributed by atoms with Gasteiger partial charge < -0.3 is 15.8 Å². The lowest BCUT2D eigenvalue weighted by atomic mass is 10.1. The van der Waals surface area contributed by atoms with E-state index < -0.39 is 10.8 Å². The number of nitro groups is 1. The van der Waals surface area contributed by atoms with Gasteiger partial charge in [0.15, 0.2) is 0 Å². The summed E-state index contributed by atoms with van der Waals surface area (Å²) < 4.78 is 5.00. The molecule has 0 heterocycles. The molecule has 1 atom stereocenters. The van der Waals surface area contributed by atoms with E-state index in [4.69, 9.17) is 10.5 Å². The van der Waals surface area contributed by atoms with Crippen LogP contribution in [0.15, 0.2) is 18.2 Å². The predicted octanol–water partition coefficient (Wildman–Crippen LogP) is 1.10. The lowest BCUT2D eigenvalue weighted by Crippen LogP contribution is -2.37. The summed E-state index contributed by atoms with van der Waals surface area (Å²) in [6.45, 7) is 2.02. The number of carbonyl (C=O) groups is 1. The topological polar surface area (TPSA) is 107 Å². The monoisotopic (exact) mass is 289 g/mol. The number of nitro benzene ring substituents is 1. The number of ether oxygens (including phenoxy) is 1. The van der Waals surface area contributed by atoms with Crippen LogP contribution in [0.4, 0.5) is 5.69 Å². The van der Waals surface area contributed by atoms with Crippen molar-refractivity contribution in [3.8, 4) is 5.75 Å². The number of amides is 1. The van der Waals surface area contributed by atoms with E-state index in [1.165, 1.54) is 25.3 Å². The minimum absolute atomic E-state index is 0. The van der Waals surface area contributed by atoms with Crippen LogP contribution in [-0.2, 0) is 0 Å². The maximum absolute atomic E-state index is 11.9. The van der Waals surface area contributed by atoms with Gasteiger partial charge in [-0.2, -0.15) is 0 Å². The zero-order chi connectivity index (χ0) is 13.7. The molecule has 0 saturated carbocycles. The van der Waals surface area contributed by atoms with Gasteiger partial charge in [0.05, 0.1) is 17.6 Å². The molecule has 0 unspecified atom stereocenters. The molecule has 1 amide bonds. The third-order valence-electron chi connectivity index (χ3n) is 2.37. The van der Waals surface area contributed by atoms with E-state index in [0.717, 1.165) is 0 Å². The van der Waals surface area contributed by atoms with Crippen molar-refractivity contribution in [1.29, 1.82) is 0 Å². The van der Waals surface area contributed by atoms with Crippen molar-refractivity contribution in [2.24, 2.45) is 5.73 Å². The summed E-state index contributed by atoms with van der Waals surface area (Å²) in [6, 6.07) is 3.63. The summed E-state index contributed by atoms with van der Waals surface area (Å²) in [5.41, 5.74) is 5.35. The number of carbonyl (C=O) groups excluding carboxylic acids is 1. The SMILES string of the molecule is COc1ccc([N+](=O)[O-])cc1C(=O)N[C@@H](C)CN.Cl. The zero-order valence-electron chi connectivity index (χ0n) is 10.6. The minimum atomic E-state index is -0.567. The molecule has 1 rings (SSSR count). The van der Waals surface area contributed by atoms with Gasteiger partial charge in [-0.3, -0.25) is 14.9 Å². The first-order valence-electron chi connectivity index (χ1n) is 5.33. The van der Waals surface area contributed by atoms with Crippen molar-refractivity contribution < 1.29 is 14.5 Å². The van der Waals surface area contributed by atoms with E-state index in [2.05, 4.69) is 5.32 Å². The van der Waals surface area contributed by atoms with E-state index in [1.807, 2.05) is 0 Å². The predicted molar refractivity (Wildman–Crippen MR) is 72.9 cm³/mol. The van der Waals surface area contributed by atoms with Crippen molar-refractivity contribution >= 4 is 24.0 Å². The first kappa shape index (κ1) is 17.1. The molecular weight excluding hydrogens is 274 g/mol. The van der Waals surface area contributed by atoms with Crippen LogP contribution in [0.2, 0.25) is 0 Å².